The Hall–Kier alpha value is -1.81. The Morgan fingerprint density at radius 2 is 1.70 bits per heavy atom. The summed E-state index contributed by atoms with van der Waals surface area (Å²) in [5.41, 5.74) is 3.89. The molecular formula is C16H23N3O. The normalized spacial score (nSPS) is 11.2. The Balaban J connectivity index is 2.35. The van der Waals surface area contributed by atoms with Crippen LogP contribution in [0.4, 0.5) is 0 Å². The molecule has 108 valence electrons. The van der Waals surface area contributed by atoms with E-state index >= 15 is 0 Å². The standard InChI is InChI=1S/C16H23N3O/c1-5-18(6-2)11-15-13(4)17-16(19(15)20)14-9-7-12(3)8-10-14/h7-10,20H,5-6,11H2,1-4H3. The third-order valence-electron chi connectivity index (χ3n) is 3.73. The largest absolute Gasteiger partial charge is 0.427 e. The first-order chi connectivity index (χ1) is 9.56. The molecule has 4 nitrogen and oxygen atoms in total. The fourth-order valence-corrected chi connectivity index (χ4v) is 2.28. The lowest BCUT2D eigenvalue weighted by atomic mass is 10.1. The molecule has 1 aromatic heterocycles. The van der Waals surface area contributed by atoms with Gasteiger partial charge in [-0.15, -0.1) is 0 Å². The smallest absolute Gasteiger partial charge is 0.175 e. The van der Waals surface area contributed by atoms with E-state index in [-0.39, 0.29) is 0 Å². The van der Waals surface area contributed by atoms with Gasteiger partial charge in [-0.25, -0.2) is 4.98 Å². The van der Waals surface area contributed by atoms with Gasteiger partial charge in [-0.3, -0.25) is 4.90 Å². The van der Waals surface area contributed by atoms with Crippen LogP contribution >= 0.6 is 0 Å². The van der Waals surface area contributed by atoms with Crippen LogP contribution in [0.15, 0.2) is 24.3 Å². The second-order valence-corrected chi connectivity index (χ2v) is 5.11. The zero-order valence-corrected chi connectivity index (χ0v) is 12.7. The first kappa shape index (κ1) is 14.6. The summed E-state index contributed by atoms with van der Waals surface area (Å²) in [5, 5.41) is 10.4. The van der Waals surface area contributed by atoms with Gasteiger partial charge in [0, 0.05) is 12.1 Å². The average molecular weight is 273 g/mol. The van der Waals surface area contributed by atoms with E-state index in [4.69, 9.17) is 0 Å². The van der Waals surface area contributed by atoms with Crippen molar-refractivity contribution in [2.75, 3.05) is 13.1 Å². The Labute approximate surface area is 120 Å². The zero-order valence-electron chi connectivity index (χ0n) is 12.7. The van der Waals surface area contributed by atoms with Crippen molar-refractivity contribution in [3.63, 3.8) is 0 Å². The van der Waals surface area contributed by atoms with Crippen molar-refractivity contribution in [2.45, 2.75) is 34.2 Å². The van der Waals surface area contributed by atoms with Crippen LogP contribution in [0.1, 0.15) is 30.8 Å². The van der Waals surface area contributed by atoms with Gasteiger partial charge in [0.2, 0.25) is 0 Å². The molecule has 0 atom stereocenters. The quantitative estimate of drug-likeness (QED) is 0.850. The maximum Gasteiger partial charge on any atom is 0.175 e. The summed E-state index contributed by atoms with van der Waals surface area (Å²) in [6.07, 6.45) is 0. The SMILES string of the molecule is CCN(CC)Cc1c(C)nc(-c2ccc(C)cc2)n1O. The Bertz CT molecular complexity index is 568. The molecule has 0 spiro atoms. The van der Waals surface area contributed by atoms with Gasteiger partial charge in [0.15, 0.2) is 5.82 Å². The molecule has 0 amide bonds. The molecule has 0 unspecified atom stereocenters. The van der Waals surface area contributed by atoms with Gasteiger partial charge in [0.1, 0.15) is 0 Å². The lowest BCUT2D eigenvalue weighted by Crippen LogP contribution is -2.24. The molecule has 20 heavy (non-hydrogen) atoms. The molecule has 0 saturated heterocycles. The minimum atomic E-state index is 0.615. The van der Waals surface area contributed by atoms with Crippen LogP contribution in [-0.4, -0.2) is 32.9 Å². The van der Waals surface area contributed by atoms with Crippen LogP contribution in [0.3, 0.4) is 0 Å². The minimum absolute atomic E-state index is 0.615. The molecule has 1 N–H and O–H groups in total. The summed E-state index contributed by atoms with van der Waals surface area (Å²) in [6.45, 7) is 10.9. The molecular weight excluding hydrogens is 250 g/mol. The summed E-state index contributed by atoms with van der Waals surface area (Å²) in [4.78, 5) is 6.78. The van der Waals surface area contributed by atoms with Gasteiger partial charge in [-0.05, 0) is 26.9 Å². The summed E-state index contributed by atoms with van der Waals surface area (Å²) < 4.78 is 1.23. The molecule has 2 aromatic rings. The summed E-state index contributed by atoms with van der Waals surface area (Å²) in [7, 11) is 0. The molecule has 0 radical (unpaired) electrons. The van der Waals surface area contributed by atoms with E-state index < -0.39 is 0 Å². The lowest BCUT2D eigenvalue weighted by molar-refractivity contribution is 0.166. The van der Waals surface area contributed by atoms with Gasteiger partial charge < -0.3 is 5.21 Å². The van der Waals surface area contributed by atoms with Crippen LogP contribution in [0.5, 0.6) is 0 Å². The summed E-state index contributed by atoms with van der Waals surface area (Å²) in [6, 6.07) is 8.04. The summed E-state index contributed by atoms with van der Waals surface area (Å²) >= 11 is 0. The van der Waals surface area contributed by atoms with Gasteiger partial charge in [0.05, 0.1) is 11.4 Å². The first-order valence-electron chi connectivity index (χ1n) is 7.13. The fourth-order valence-electron chi connectivity index (χ4n) is 2.28. The maximum absolute atomic E-state index is 10.4. The number of hydrogen-bond donors (Lipinski definition) is 1. The zero-order chi connectivity index (χ0) is 14.7. The molecule has 1 aromatic carbocycles. The number of imidazole rings is 1. The third-order valence-corrected chi connectivity index (χ3v) is 3.73. The van der Waals surface area contributed by atoms with Crippen LogP contribution in [-0.2, 0) is 6.54 Å². The molecule has 0 saturated carbocycles. The Kier molecular flexibility index (Phi) is 4.45. The fraction of sp³-hybridized carbons (Fsp3) is 0.438. The van der Waals surface area contributed by atoms with E-state index in [0.29, 0.717) is 12.4 Å². The van der Waals surface area contributed by atoms with E-state index in [1.807, 2.05) is 38.1 Å². The maximum atomic E-state index is 10.4. The molecule has 0 fully saturated rings. The average Bonchev–Trinajstić information content (AvgIpc) is 2.73. The number of aryl methyl sites for hydroxylation is 2. The highest BCUT2D eigenvalue weighted by molar-refractivity contribution is 5.57. The Morgan fingerprint density at radius 3 is 2.25 bits per heavy atom. The van der Waals surface area contributed by atoms with Gasteiger partial charge in [-0.1, -0.05) is 43.7 Å². The van der Waals surface area contributed by atoms with Gasteiger partial charge in [-0.2, -0.15) is 4.73 Å². The molecule has 0 bridgehead atoms. The molecule has 0 aliphatic carbocycles. The van der Waals surface area contributed by atoms with Gasteiger partial charge in [0.25, 0.3) is 0 Å². The van der Waals surface area contributed by atoms with Crippen molar-refractivity contribution >= 4 is 0 Å². The number of benzene rings is 1. The van der Waals surface area contributed by atoms with Gasteiger partial charge >= 0.3 is 0 Å². The first-order valence-corrected chi connectivity index (χ1v) is 7.13. The predicted molar refractivity (Wildman–Crippen MR) is 80.9 cm³/mol. The number of nitrogens with zero attached hydrogens (tertiary/aromatic N) is 3. The van der Waals surface area contributed by atoms with Crippen molar-refractivity contribution in [2.24, 2.45) is 0 Å². The highest BCUT2D eigenvalue weighted by Gasteiger charge is 2.16. The highest BCUT2D eigenvalue weighted by atomic mass is 16.5. The van der Waals surface area contributed by atoms with E-state index in [1.54, 1.807) is 0 Å². The van der Waals surface area contributed by atoms with E-state index in [0.717, 1.165) is 30.0 Å². The van der Waals surface area contributed by atoms with E-state index in [1.165, 1.54) is 10.3 Å². The van der Waals surface area contributed by atoms with E-state index in [9.17, 15) is 5.21 Å². The molecule has 2 rings (SSSR count). The van der Waals surface area contributed by atoms with Crippen molar-refractivity contribution in [3.8, 4) is 11.4 Å². The Morgan fingerprint density at radius 1 is 1.10 bits per heavy atom. The number of aromatic nitrogens is 2. The monoisotopic (exact) mass is 273 g/mol. The highest BCUT2D eigenvalue weighted by Crippen LogP contribution is 2.22. The van der Waals surface area contributed by atoms with Crippen LogP contribution in [0.25, 0.3) is 11.4 Å². The third kappa shape index (κ3) is 2.85. The topological polar surface area (TPSA) is 41.3 Å². The molecule has 0 aliphatic rings. The van der Waals surface area contributed by atoms with Crippen LogP contribution in [0, 0.1) is 13.8 Å². The van der Waals surface area contributed by atoms with Crippen molar-refractivity contribution < 1.29 is 5.21 Å². The van der Waals surface area contributed by atoms with Crippen molar-refractivity contribution in [1.29, 1.82) is 0 Å². The molecule has 1 heterocycles. The minimum Gasteiger partial charge on any atom is -0.427 e. The van der Waals surface area contributed by atoms with Crippen molar-refractivity contribution in [1.82, 2.24) is 14.6 Å². The number of hydrogen-bond acceptors (Lipinski definition) is 3. The van der Waals surface area contributed by atoms with Crippen molar-refractivity contribution in [3.05, 3.63) is 41.2 Å². The predicted octanol–water partition coefficient (Wildman–Crippen LogP) is 3.25. The second kappa shape index (κ2) is 6.09. The van der Waals surface area contributed by atoms with Crippen LogP contribution in [0.2, 0.25) is 0 Å². The second-order valence-electron chi connectivity index (χ2n) is 5.11. The number of rotatable bonds is 5. The molecule has 4 heteroatoms. The molecule has 0 aliphatic heterocycles. The lowest BCUT2D eigenvalue weighted by Gasteiger charge is -2.18. The summed E-state index contributed by atoms with van der Waals surface area (Å²) in [5.74, 6) is 0.615. The van der Waals surface area contributed by atoms with E-state index in [2.05, 4.69) is 23.7 Å². The van der Waals surface area contributed by atoms with Crippen LogP contribution < -0.4 is 0 Å².